The Hall–Kier alpha value is -0.590. The average Bonchev–Trinajstić information content (AvgIpc) is 2.48. The van der Waals surface area contributed by atoms with Gasteiger partial charge >= 0.3 is 6.18 Å². The Labute approximate surface area is 73.1 Å². The quantitative estimate of drug-likeness (QED) is 0.642. The minimum absolute atomic E-state index is 0.128. The van der Waals surface area contributed by atoms with Crippen LogP contribution in [0.2, 0.25) is 0 Å². The second-order valence-corrected chi connectivity index (χ2v) is 2.36. The smallest absolute Gasteiger partial charge is 0.350 e. The maximum Gasteiger partial charge on any atom is 0.409 e. The van der Waals surface area contributed by atoms with Crippen molar-refractivity contribution >= 4 is 0 Å². The van der Waals surface area contributed by atoms with E-state index in [4.69, 9.17) is 14.2 Å². The maximum atomic E-state index is 11.6. The highest BCUT2D eigenvalue weighted by Crippen LogP contribution is 2.15. The maximum absolute atomic E-state index is 11.6. The first-order chi connectivity index (χ1) is 6.08. The molecule has 6 heteroatoms. The van der Waals surface area contributed by atoms with Crippen LogP contribution in [0.1, 0.15) is 0 Å². The number of halogens is 3. The van der Waals surface area contributed by atoms with Gasteiger partial charge in [0.15, 0.2) is 6.29 Å². The molecule has 0 aromatic heterocycles. The summed E-state index contributed by atoms with van der Waals surface area (Å²) in [7, 11) is 0. The second-order valence-electron chi connectivity index (χ2n) is 2.36. The van der Waals surface area contributed by atoms with Gasteiger partial charge in [0.25, 0.3) is 0 Å². The lowest BCUT2D eigenvalue weighted by atomic mass is 10.5. The number of allylic oxidation sites excluding steroid dienone is 1. The van der Waals surface area contributed by atoms with Gasteiger partial charge in [0.1, 0.15) is 13.4 Å². The van der Waals surface area contributed by atoms with Gasteiger partial charge in [-0.25, -0.2) is 0 Å². The monoisotopic (exact) mass is 198 g/mol. The molecule has 1 heterocycles. The fourth-order valence-electron chi connectivity index (χ4n) is 0.757. The van der Waals surface area contributed by atoms with E-state index in [0.29, 0.717) is 0 Å². The summed E-state index contributed by atoms with van der Waals surface area (Å²) in [5, 5.41) is 0. The van der Waals surface area contributed by atoms with Crippen LogP contribution in [-0.4, -0.2) is 32.5 Å². The molecule has 13 heavy (non-hydrogen) atoms. The van der Waals surface area contributed by atoms with E-state index in [9.17, 15) is 13.2 Å². The SMILES string of the molecule is FC(F)(F)/C=C\COC1COCO1. The van der Waals surface area contributed by atoms with Gasteiger partial charge in [-0.15, -0.1) is 0 Å². The van der Waals surface area contributed by atoms with Crippen LogP contribution in [0.15, 0.2) is 12.2 Å². The lowest BCUT2D eigenvalue weighted by Gasteiger charge is -2.06. The van der Waals surface area contributed by atoms with Crippen molar-refractivity contribution in [2.45, 2.75) is 12.5 Å². The predicted octanol–water partition coefficient (Wildman–Crippen LogP) is 1.45. The van der Waals surface area contributed by atoms with Crippen molar-refractivity contribution < 1.29 is 27.4 Å². The van der Waals surface area contributed by atoms with E-state index in [0.717, 1.165) is 6.08 Å². The topological polar surface area (TPSA) is 27.7 Å². The molecule has 0 aromatic rings. The third-order valence-corrected chi connectivity index (χ3v) is 1.28. The van der Waals surface area contributed by atoms with Gasteiger partial charge in [-0.05, 0) is 0 Å². The minimum atomic E-state index is -4.28. The van der Waals surface area contributed by atoms with Crippen molar-refractivity contribution in [1.82, 2.24) is 0 Å². The standard InChI is InChI=1S/C7H9F3O3/c8-7(9,10)2-1-3-12-6-4-11-5-13-6/h1-2,6H,3-5H2/b2-1-. The molecule has 1 aliphatic rings. The molecule has 1 fully saturated rings. The van der Waals surface area contributed by atoms with Crippen LogP contribution >= 0.6 is 0 Å². The summed E-state index contributed by atoms with van der Waals surface area (Å²) in [6, 6.07) is 0. The normalized spacial score (nSPS) is 24.4. The van der Waals surface area contributed by atoms with Gasteiger partial charge in [0, 0.05) is 6.08 Å². The summed E-state index contributed by atoms with van der Waals surface area (Å²) >= 11 is 0. The molecule has 1 saturated heterocycles. The van der Waals surface area contributed by atoms with E-state index < -0.39 is 12.5 Å². The zero-order chi connectivity index (χ0) is 9.73. The van der Waals surface area contributed by atoms with Crippen LogP contribution in [0.3, 0.4) is 0 Å². The Bertz CT molecular complexity index is 172. The largest absolute Gasteiger partial charge is 0.409 e. The first-order valence-corrected chi connectivity index (χ1v) is 3.63. The molecule has 0 saturated carbocycles. The Kier molecular flexibility index (Phi) is 3.71. The van der Waals surface area contributed by atoms with E-state index in [1.807, 2.05) is 0 Å². The highest BCUT2D eigenvalue weighted by atomic mass is 19.4. The lowest BCUT2D eigenvalue weighted by Crippen LogP contribution is -2.14. The van der Waals surface area contributed by atoms with E-state index in [1.165, 1.54) is 0 Å². The van der Waals surface area contributed by atoms with Crippen molar-refractivity contribution in [1.29, 1.82) is 0 Å². The van der Waals surface area contributed by atoms with Crippen LogP contribution < -0.4 is 0 Å². The Morgan fingerprint density at radius 1 is 1.46 bits per heavy atom. The molecule has 0 spiro atoms. The van der Waals surface area contributed by atoms with Gasteiger partial charge in [-0.3, -0.25) is 0 Å². The predicted molar refractivity (Wildman–Crippen MR) is 36.8 cm³/mol. The second kappa shape index (κ2) is 4.59. The first-order valence-electron chi connectivity index (χ1n) is 3.63. The van der Waals surface area contributed by atoms with Gasteiger partial charge in [0.05, 0.1) is 6.61 Å². The molecule has 0 aliphatic carbocycles. The molecule has 0 bridgehead atoms. The zero-order valence-electron chi connectivity index (χ0n) is 6.71. The van der Waals surface area contributed by atoms with Gasteiger partial charge in [-0.1, -0.05) is 6.08 Å². The summed E-state index contributed by atoms with van der Waals surface area (Å²) in [6.07, 6.45) is -3.81. The van der Waals surface area contributed by atoms with Crippen molar-refractivity contribution in [2.24, 2.45) is 0 Å². The molecule has 0 radical (unpaired) electrons. The van der Waals surface area contributed by atoms with Crippen LogP contribution in [0, 0.1) is 0 Å². The van der Waals surface area contributed by atoms with Crippen LogP contribution in [0.25, 0.3) is 0 Å². The van der Waals surface area contributed by atoms with Crippen LogP contribution in [0.4, 0.5) is 13.2 Å². The Morgan fingerprint density at radius 2 is 2.23 bits per heavy atom. The number of alkyl halides is 3. The van der Waals surface area contributed by atoms with Gasteiger partial charge in [-0.2, -0.15) is 13.2 Å². The zero-order valence-corrected chi connectivity index (χ0v) is 6.71. The highest BCUT2D eigenvalue weighted by molar-refractivity contribution is 4.88. The fourth-order valence-corrected chi connectivity index (χ4v) is 0.757. The molecule has 0 N–H and O–H groups in total. The van der Waals surface area contributed by atoms with E-state index in [1.54, 1.807) is 0 Å². The van der Waals surface area contributed by atoms with E-state index in [2.05, 4.69) is 0 Å². The van der Waals surface area contributed by atoms with Crippen molar-refractivity contribution in [3.8, 4) is 0 Å². The molecule has 3 nitrogen and oxygen atoms in total. The summed E-state index contributed by atoms with van der Waals surface area (Å²) in [4.78, 5) is 0. The molecule has 1 rings (SSSR count). The molecule has 1 aliphatic heterocycles. The molecule has 1 unspecified atom stereocenters. The molecular weight excluding hydrogens is 189 g/mol. The molecule has 1 atom stereocenters. The number of hydrogen-bond acceptors (Lipinski definition) is 3. The van der Waals surface area contributed by atoms with E-state index >= 15 is 0 Å². The van der Waals surface area contributed by atoms with Crippen molar-refractivity contribution in [3.05, 3.63) is 12.2 Å². The Balaban J connectivity index is 2.09. The van der Waals surface area contributed by atoms with Crippen LogP contribution in [0.5, 0.6) is 0 Å². The third kappa shape index (κ3) is 4.87. The molecule has 0 amide bonds. The third-order valence-electron chi connectivity index (χ3n) is 1.28. The van der Waals surface area contributed by atoms with Crippen LogP contribution in [-0.2, 0) is 14.2 Å². The summed E-state index contributed by atoms with van der Waals surface area (Å²) < 4.78 is 49.1. The number of ether oxygens (including phenoxy) is 3. The fraction of sp³-hybridized carbons (Fsp3) is 0.714. The van der Waals surface area contributed by atoms with Crippen molar-refractivity contribution in [2.75, 3.05) is 20.0 Å². The lowest BCUT2D eigenvalue weighted by molar-refractivity contribution is -0.0998. The number of rotatable bonds is 3. The molecule has 0 aromatic carbocycles. The Morgan fingerprint density at radius 3 is 2.77 bits per heavy atom. The molecular formula is C7H9F3O3. The van der Waals surface area contributed by atoms with Crippen molar-refractivity contribution in [3.63, 3.8) is 0 Å². The highest BCUT2D eigenvalue weighted by Gasteiger charge is 2.22. The summed E-state index contributed by atoms with van der Waals surface area (Å²) in [5.41, 5.74) is 0. The average molecular weight is 198 g/mol. The number of hydrogen-bond donors (Lipinski definition) is 0. The van der Waals surface area contributed by atoms with E-state index in [-0.39, 0.29) is 26.1 Å². The van der Waals surface area contributed by atoms with Gasteiger partial charge in [0.2, 0.25) is 0 Å². The minimum Gasteiger partial charge on any atom is -0.350 e. The first kappa shape index (κ1) is 10.5. The summed E-state index contributed by atoms with van der Waals surface area (Å²) in [5.74, 6) is 0. The van der Waals surface area contributed by atoms with Gasteiger partial charge < -0.3 is 14.2 Å². The molecule has 76 valence electrons. The summed E-state index contributed by atoms with van der Waals surface area (Å²) in [6.45, 7) is 0.265.